The summed E-state index contributed by atoms with van der Waals surface area (Å²) in [6, 6.07) is 32.5. The molecule has 0 aliphatic rings. The van der Waals surface area contributed by atoms with Crippen LogP contribution in [-0.4, -0.2) is 0 Å². The Labute approximate surface area is 237 Å². The maximum absolute atomic E-state index is 13.9. The summed E-state index contributed by atoms with van der Waals surface area (Å²) in [6.07, 6.45) is 0. The standard InChI is InChI=1S/C38H23FO/c39-28-12-8-11-25(21-28)26-17-19-29-34-22-27(18-20-35(34)40-36(29)23-26)38-32-15-6-4-13-30(32)37(24-9-2-1-3-10-24)31-14-5-7-16-33(31)38/h1-23H/i1D,2D,3D,9D,10D. The van der Waals surface area contributed by atoms with Crippen molar-refractivity contribution >= 4 is 43.5 Å². The summed E-state index contributed by atoms with van der Waals surface area (Å²) in [4.78, 5) is 0. The summed E-state index contributed by atoms with van der Waals surface area (Å²) in [5.74, 6) is -0.293. The largest absolute Gasteiger partial charge is 0.456 e. The maximum atomic E-state index is 13.9. The molecule has 1 nitrogen and oxygen atoms in total. The highest BCUT2D eigenvalue weighted by molar-refractivity contribution is 6.22. The molecule has 0 saturated carbocycles. The Balaban J connectivity index is 1.40. The summed E-state index contributed by atoms with van der Waals surface area (Å²) in [5.41, 5.74) is 5.80. The van der Waals surface area contributed by atoms with Crippen molar-refractivity contribution < 1.29 is 15.7 Å². The highest BCUT2D eigenvalue weighted by Gasteiger charge is 2.17. The zero-order chi connectivity index (χ0) is 31.0. The van der Waals surface area contributed by atoms with Gasteiger partial charge in [-0.05, 0) is 91.3 Å². The number of hydrogen-bond donors (Lipinski definition) is 0. The van der Waals surface area contributed by atoms with Crippen molar-refractivity contribution in [3.8, 4) is 33.4 Å². The minimum absolute atomic E-state index is 0.185. The second-order valence-corrected chi connectivity index (χ2v) is 9.88. The van der Waals surface area contributed by atoms with E-state index in [1.165, 1.54) is 12.1 Å². The van der Waals surface area contributed by atoms with Gasteiger partial charge < -0.3 is 4.42 Å². The Bertz CT molecular complexity index is 2430. The van der Waals surface area contributed by atoms with E-state index in [-0.39, 0.29) is 35.6 Å². The second-order valence-electron chi connectivity index (χ2n) is 9.88. The smallest absolute Gasteiger partial charge is 0.136 e. The monoisotopic (exact) mass is 519 g/mol. The summed E-state index contributed by atoms with van der Waals surface area (Å²) in [5, 5.41) is 5.27. The molecular weight excluding hydrogens is 491 g/mol. The average Bonchev–Trinajstić information content (AvgIpc) is 3.43. The van der Waals surface area contributed by atoms with Crippen molar-refractivity contribution in [2.45, 2.75) is 0 Å². The van der Waals surface area contributed by atoms with Gasteiger partial charge in [-0.3, -0.25) is 0 Å². The molecule has 0 aliphatic heterocycles. The molecule has 7 aromatic carbocycles. The second kappa shape index (κ2) is 8.93. The van der Waals surface area contributed by atoms with E-state index in [0.717, 1.165) is 60.2 Å². The predicted octanol–water partition coefficient (Wildman–Crippen LogP) is 11.0. The van der Waals surface area contributed by atoms with Gasteiger partial charge in [0.05, 0.1) is 6.85 Å². The van der Waals surface area contributed by atoms with Crippen LogP contribution < -0.4 is 0 Å². The van der Waals surface area contributed by atoms with Crippen molar-refractivity contribution in [3.05, 3.63) is 145 Å². The van der Waals surface area contributed by atoms with E-state index in [4.69, 9.17) is 11.3 Å². The molecule has 8 aromatic rings. The third-order valence-electron chi connectivity index (χ3n) is 7.60. The van der Waals surface area contributed by atoms with E-state index < -0.39 is 6.04 Å². The number of hydrogen-bond acceptors (Lipinski definition) is 1. The molecule has 0 atom stereocenters. The first-order chi connectivity index (χ1) is 21.8. The fourth-order valence-electron chi connectivity index (χ4n) is 5.86. The lowest BCUT2D eigenvalue weighted by molar-refractivity contribution is 0.628. The lowest BCUT2D eigenvalue weighted by atomic mass is 9.86. The van der Waals surface area contributed by atoms with Crippen LogP contribution >= 0.6 is 0 Å². The quantitative estimate of drug-likeness (QED) is 0.212. The normalized spacial score (nSPS) is 13.4. The number of rotatable bonds is 3. The predicted molar refractivity (Wildman–Crippen MR) is 165 cm³/mol. The fraction of sp³-hybridized carbons (Fsp3) is 0. The zero-order valence-corrected chi connectivity index (χ0v) is 21.2. The van der Waals surface area contributed by atoms with Crippen LogP contribution in [0.3, 0.4) is 0 Å². The van der Waals surface area contributed by atoms with E-state index in [0.29, 0.717) is 11.1 Å². The highest BCUT2D eigenvalue weighted by atomic mass is 19.1. The van der Waals surface area contributed by atoms with Gasteiger partial charge in [-0.25, -0.2) is 4.39 Å². The van der Waals surface area contributed by atoms with Crippen LogP contribution in [0, 0.1) is 5.82 Å². The molecule has 1 aromatic heterocycles. The van der Waals surface area contributed by atoms with Crippen LogP contribution in [0.1, 0.15) is 6.85 Å². The van der Waals surface area contributed by atoms with Crippen LogP contribution in [0.4, 0.5) is 4.39 Å². The van der Waals surface area contributed by atoms with Gasteiger partial charge in [0.2, 0.25) is 0 Å². The third kappa shape index (κ3) is 3.54. The first-order valence-corrected chi connectivity index (χ1v) is 13.0. The van der Waals surface area contributed by atoms with Gasteiger partial charge in [0, 0.05) is 10.8 Å². The van der Waals surface area contributed by atoms with Gasteiger partial charge in [-0.15, -0.1) is 0 Å². The molecule has 40 heavy (non-hydrogen) atoms. The van der Waals surface area contributed by atoms with Crippen molar-refractivity contribution in [2.75, 3.05) is 0 Å². The third-order valence-corrected chi connectivity index (χ3v) is 7.60. The first kappa shape index (κ1) is 18.1. The fourth-order valence-corrected chi connectivity index (χ4v) is 5.86. The van der Waals surface area contributed by atoms with Crippen molar-refractivity contribution in [1.29, 1.82) is 0 Å². The molecule has 0 saturated heterocycles. The van der Waals surface area contributed by atoms with Crippen LogP contribution in [0.15, 0.2) is 144 Å². The van der Waals surface area contributed by atoms with Crippen LogP contribution in [0.25, 0.3) is 76.9 Å². The van der Waals surface area contributed by atoms with Gasteiger partial charge in [0.1, 0.15) is 17.0 Å². The minimum Gasteiger partial charge on any atom is -0.456 e. The molecular formula is C38H23FO. The van der Waals surface area contributed by atoms with E-state index in [9.17, 15) is 4.39 Å². The lowest BCUT2D eigenvalue weighted by Gasteiger charge is -2.17. The number of benzene rings is 7. The molecule has 0 fully saturated rings. The molecule has 0 bridgehead atoms. The molecule has 0 radical (unpaired) electrons. The van der Waals surface area contributed by atoms with Gasteiger partial charge in [-0.1, -0.05) is 103 Å². The Morgan fingerprint density at radius 3 is 1.75 bits per heavy atom. The van der Waals surface area contributed by atoms with Gasteiger partial charge in [-0.2, -0.15) is 0 Å². The van der Waals surface area contributed by atoms with Crippen molar-refractivity contribution in [2.24, 2.45) is 0 Å². The van der Waals surface area contributed by atoms with Crippen LogP contribution in [0.5, 0.6) is 0 Å². The Morgan fingerprint density at radius 2 is 1.07 bits per heavy atom. The van der Waals surface area contributed by atoms with Gasteiger partial charge in [0.25, 0.3) is 0 Å². The molecule has 8 rings (SSSR count). The minimum atomic E-state index is -0.414. The number of furan rings is 1. The summed E-state index contributed by atoms with van der Waals surface area (Å²) in [7, 11) is 0. The topological polar surface area (TPSA) is 13.1 Å². The van der Waals surface area contributed by atoms with Crippen LogP contribution in [0.2, 0.25) is 0 Å². The van der Waals surface area contributed by atoms with Gasteiger partial charge in [0.15, 0.2) is 0 Å². The van der Waals surface area contributed by atoms with Crippen molar-refractivity contribution in [3.63, 3.8) is 0 Å². The molecule has 1 heterocycles. The molecule has 0 amide bonds. The van der Waals surface area contributed by atoms with E-state index in [1.54, 1.807) is 6.07 Å². The zero-order valence-electron chi connectivity index (χ0n) is 26.2. The Hall–Kier alpha value is -5.21. The SMILES string of the molecule is [2H]c1c([2H])c([2H])c(-c2c3ccccc3c(-c3ccc4oc5cc(-c6cccc(F)c6)ccc5c4c3)c3ccccc23)c([2H])c1[2H]. The molecule has 188 valence electrons. The molecule has 0 spiro atoms. The number of fused-ring (bicyclic) bond motifs is 5. The van der Waals surface area contributed by atoms with E-state index in [2.05, 4.69) is 6.07 Å². The molecule has 0 unspecified atom stereocenters. The summed E-state index contributed by atoms with van der Waals surface area (Å²) < 4.78 is 62.5. The van der Waals surface area contributed by atoms with Crippen LogP contribution in [-0.2, 0) is 0 Å². The maximum Gasteiger partial charge on any atom is 0.136 e. The van der Waals surface area contributed by atoms with Crippen molar-refractivity contribution in [1.82, 2.24) is 0 Å². The number of halogens is 1. The molecule has 0 N–H and O–H groups in total. The summed E-state index contributed by atoms with van der Waals surface area (Å²) >= 11 is 0. The Morgan fingerprint density at radius 1 is 0.450 bits per heavy atom. The average molecular weight is 520 g/mol. The first-order valence-electron chi connectivity index (χ1n) is 15.5. The molecule has 2 heteroatoms. The van der Waals surface area contributed by atoms with E-state index >= 15 is 0 Å². The summed E-state index contributed by atoms with van der Waals surface area (Å²) in [6.45, 7) is 0. The van der Waals surface area contributed by atoms with E-state index in [1.807, 2.05) is 84.9 Å². The lowest BCUT2D eigenvalue weighted by Crippen LogP contribution is -1.90. The molecule has 0 aliphatic carbocycles. The van der Waals surface area contributed by atoms with Gasteiger partial charge >= 0.3 is 0 Å². The highest BCUT2D eigenvalue weighted by Crippen LogP contribution is 2.44. The Kier molecular flexibility index (Phi) is 4.05.